The Kier molecular flexibility index (Phi) is 11.2. The molecule has 3 aromatic carbocycles. The van der Waals surface area contributed by atoms with Crippen LogP contribution in [0.1, 0.15) is 54.7 Å². The minimum Gasteiger partial charge on any atom is -0.508 e. The monoisotopic (exact) mass is 633 g/mol. The fourth-order valence-electron chi connectivity index (χ4n) is 5.27. The summed E-state index contributed by atoms with van der Waals surface area (Å²) in [6, 6.07) is 19.5. The maximum absolute atomic E-state index is 13.9. The molecule has 3 atom stereocenters. The summed E-state index contributed by atoms with van der Waals surface area (Å²) in [5, 5.41) is 27.4. The highest BCUT2D eigenvalue weighted by molar-refractivity contribution is 8.00. The molecule has 3 aromatic rings. The number of nitrogens with zero attached hydrogens (tertiary/aromatic N) is 1. The number of aliphatic hydroxyl groups excluding tert-OH is 1. The van der Waals surface area contributed by atoms with Crippen molar-refractivity contribution in [3.63, 3.8) is 0 Å². The molecule has 1 aliphatic rings. The smallest absolute Gasteiger partial charge is 0.254 e. The van der Waals surface area contributed by atoms with Crippen LogP contribution >= 0.6 is 11.8 Å². The molecule has 3 amide bonds. The van der Waals surface area contributed by atoms with Crippen LogP contribution in [-0.4, -0.2) is 68.3 Å². The second-order valence-corrected chi connectivity index (χ2v) is 13.9. The Labute approximate surface area is 269 Å². The molecule has 0 aliphatic carbocycles. The van der Waals surface area contributed by atoms with E-state index in [0.29, 0.717) is 18.1 Å². The van der Waals surface area contributed by atoms with Crippen molar-refractivity contribution in [1.82, 2.24) is 15.5 Å². The lowest BCUT2D eigenvalue weighted by atomic mass is 9.96. The minimum atomic E-state index is -1.63. The molecule has 0 aromatic heterocycles. The van der Waals surface area contributed by atoms with E-state index in [9.17, 15) is 24.6 Å². The summed E-state index contributed by atoms with van der Waals surface area (Å²) in [6.07, 6.45) is -1.46. The number of carbonyl (C=O) groups excluding carboxylic acids is 3. The molecule has 0 spiro atoms. The first kappa shape index (κ1) is 33.9. The molecule has 1 saturated heterocycles. The van der Waals surface area contributed by atoms with E-state index in [2.05, 4.69) is 24.5 Å². The third kappa shape index (κ3) is 8.58. The number of thioether (sulfide) groups is 1. The Morgan fingerprint density at radius 1 is 1.02 bits per heavy atom. The van der Waals surface area contributed by atoms with E-state index in [1.54, 1.807) is 19.1 Å². The molecule has 1 aliphatic heterocycles. The lowest BCUT2D eigenvalue weighted by Gasteiger charge is -2.33. The second-order valence-electron chi connectivity index (χ2n) is 12.3. The van der Waals surface area contributed by atoms with Crippen LogP contribution in [0.4, 0.5) is 0 Å². The van der Waals surface area contributed by atoms with E-state index >= 15 is 0 Å². The van der Waals surface area contributed by atoms with Gasteiger partial charge in [-0.1, -0.05) is 62.4 Å². The fourth-order valence-corrected chi connectivity index (χ4v) is 6.41. The van der Waals surface area contributed by atoms with Gasteiger partial charge in [0, 0.05) is 22.4 Å². The van der Waals surface area contributed by atoms with Crippen LogP contribution in [0.25, 0.3) is 0 Å². The summed E-state index contributed by atoms with van der Waals surface area (Å²) in [5.41, 5.74) is 2.30. The van der Waals surface area contributed by atoms with Gasteiger partial charge < -0.3 is 30.5 Å². The molecule has 45 heavy (non-hydrogen) atoms. The highest BCUT2D eigenvalue weighted by atomic mass is 32.2. The lowest BCUT2D eigenvalue weighted by Crippen LogP contribution is -2.58. The zero-order valence-corrected chi connectivity index (χ0v) is 27.3. The maximum atomic E-state index is 13.9. The van der Waals surface area contributed by atoms with Gasteiger partial charge in [0.2, 0.25) is 5.91 Å². The van der Waals surface area contributed by atoms with E-state index < -0.39 is 34.7 Å². The van der Waals surface area contributed by atoms with E-state index in [-0.39, 0.29) is 36.1 Å². The zero-order chi connectivity index (χ0) is 32.7. The average molecular weight is 634 g/mol. The number of hydrogen-bond donors (Lipinski definition) is 4. The highest BCUT2D eigenvalue weighted by Gasteiger charge is 2.49. The summed E-state index contributed by atoms with van der Waals surface area (Å²) in [4.78, 5) is 42.3. The molecule has 0 radical (unpaired) electrons. The first-order valence-electron chi connectivity index (χ1n) is 15.1. The summed E-state index contributed by atoms with van der Waals surface area (Å²) < 4.78 is 5.19. The number of hydrogen-bond acceptors (Lipinski definition) is 7. The first-order valence-corrected chi connectivity index (χ1v) is 16.1. The molecule has 0 bridgehead atoms. The number of amides is 3. The van der Waals surface area contributed by atoms with Gasteiger partial charge in [-0.25, -0.2) is 0 Å². The van der Waals surface area contributed by atoms with Crippen molar-refractivity contribution in [3.8, 4) is 11.5 Å². The predicted molar refractivity (Wildman–Crippen MR) is 176 cm³/mol. The van der Waals surface area contributed by atoms with E-state index in [0.717, 1.165) is 16.9 Å². The second kappa shape index (κ2) is 14.8. The van der Waals surface area contributed by atoms with Gasteiger partial charge in [-0.05, 0) is 68.5 Å². The predicted octanol–water partition coefficient (Wildman–Crippen LogP) is 4.43. The van der Waals surface area contributed by atoms with Crippen molar-refractivity contribution in [2.45, 2.75) is 70.5 Å². The van der Waals surface area contributed by atoms with Crippen LogP contribution < -0.4 is 15.4 Å². The van der Waals surface area contributed by atoms with Gasteiger partial charge in [-0.15, -0.1) is 11.8 Å². The third-order valence-corrected chi connectivity index (χ3v) is 9.20. The number of phenolic OH excluding ortho intramolecular Hbond substituents is 1. The van der Waals surface area contributed by atoms with Crippen molar-refractivity contribution in [2.24, 2.45) is 5.92 Å². The maximum Gasteiger partial charge on any atom is 0.254 e. The van der Waals surface area contributed by atoms with Gasteiger partial charge in [0.05, 0.1) is 18.5 Å². The number of benzene rings is 3. The molecule has 1 fully saturated rings. The molecule has 10 heteroatoms. The topological polar surface area (TPSA) is 128 Å². The molecule has 1 unspecified atom stereocenters. The standard InChI is InChI=1S/C35H43N3O6S/c1-22(2)20-44-26-14-9-13-25(17-26)19-36-33(42)31-35(4,5)45-21-38(31)34(43)30(40)28(18-24-11-7-6-8-12-24)37-32(41)27-15-10-16-29(39)23(27)3/h6-17,22,28,30-31,39-40H,18-21H2,1-5H3,(H,36,42)(H,37,41)/t28-,30-,31?/m0/s1. The van der Waals surface area contributed by atoms with Crippen LogP contribution in [0.5, 0.6) is 11.5 Å². The number of aliphatic hydroxyl groups is 1. The quantitative estimate of drug-likeness (QED) is 0.232. The Bertz CT molecular complexity index is 1500. The molecule has 0 saturated carbocycles. The van der Waals surface area contributed by atoms with Gasteiger partial charge in [0.25, 0.3) is 11.8 Å². The van der Waals surface area contributed by atoms with Gasteiger partial charge in [0.1, 0.15) is 17.5 Å². The summed E-state index contributed by atoms with van der Waals surface area (Å²) in [5.74, 6) is -0.230. The van der Waals surface area contributed by atoms with Crippen molar-refractivity contribution >= 4 is 29.5 Å². The zero-order valence-electron chi connectivity index (χ0n) is 26.4. The third-order valence-electron chi connectivity index (χ3n) is 7.82. The van der Waals surface area contributed by atoms with E-state index in [1.165, 1.54) is 22.7 Å². The van der Waals surface area contributed by atoms with E-state index in [1.807, 2.05) is 68.4 Å². The van der Waals surface area contributed by atoms with Crippen LogP contribution in [0.2, 0.25) is 0 Å². The Hall–Kier alpha value is -4.02. The van der Waals surface area contributed by atoms with Crippen molar-refractivity contribution in [2.75, 3.05) is 12.5 Å². The van der Waals surface area contributed by atoms with Crippen molar-refractivity contribution < 1.29 is 29.3 Å². The molecule has 1 heterocycles. The Morgan fingerprint density at radius 2 is 1.71 bits per heavy atom. The Morgan fingerprint density at radius 3 is 2.42 bits per heavy atom. The van der Waals surface area contributed by atoms with Crippen LogP contribution in [0.3, 0.4) is 0 Å². The molecule has 240 valence electrons. The minimum absolute atomic E-state index is 0.0288. The molecule has 4 N–H and O–H groups in total. The Balaban J connectivity index is 1.51. The molecular formula is C35H43N3O6S. The summed E-state index contributed by atoms with van der Waals surface area (Å²) in [6.45, 7) is 10.4. The highest BCUT2D eigenvalue weighted by Crippen LogP contribution is 2.40. The molecule has 9 nitrogen and oxygen atoms in total. The molecule has 4 rings (SSSR count). The van der Waals surface area contributed by atoms with E-state index in [4.69, 9.17) is 4.74 Å². The van der Waals surface area contributed by atoms with Crippen LogP contribution in [0.15, 0.2) is 72.8 Å². The number of phenols is 1. The lowest BCUT2D eigenvalue weighted by molar-refractivity contribution is -0.147. The SMILES string of the molecule is Cc1c(O)cccc1C(=O)N[C@@H](Cc1ccccc1)[C@H](O)C(=O)N1CSC(C)(C)C1C(=O)NCc1cccc(OCC(C)C)c1. The largest absolute Gasteiger partial charge is 0.508 e. The van der Waals surface area contributed by atoms with Gasteiger partial charge >= 0.3 is 0 Å². The van der Waals surface area contributed by atoms with Gasteiger partial charge in [-0.3, -0.25) is 14.4 Å². The van der Waals surface area contributed by atoms with Gasteiger partial charge in [0.15, 0.2) is 6.10 Å². The van der Waals surface area contributed by atoms with Crippen molar-refractivity contribution in [3.05, 3.63) is 95.1 Å². The van der Waals surface area contributed by atoms with Crippen LogP contribution in [0, 0.1) is 12.8 Å². The number of rotatable bonds is 12. The number of aromatic hydroxyl groups is 1. The van der Waals surface area contributed by atoms with Crippen molar-refractivity contribution in [1.29, 1.82) is 0 Å². The molecular weight excluding hydrogens is 590 g/mol. The number of ether oxygens (including phenoxy) is 1. The summed E-state index contributed by atoms with van der Waals surface area (Å²) in [7, 11) is 0. The average Bonchev–Trinajstić information content (AvgIpc) is 3.34. The van der Waals surface area contributed by atoms with Gasteiger partial charge in [-0.2, -0.15) is 0 Å². The summed E-state index contributed by atoms with van der Waals surface area (Å²) >= 11 is 1.45. The normalized spacial score (nSPS) is 17.0. The number of carbonyl (C=O) groups is 3. The fraction of sp³-hybridized carbons (Fsp3) is 0.400. The first-order chi connectivity index (χ1) is 21.4. The number of nitrogens with one attached hydrogen (secondary N) is 2. The van der Waals surface area contributed by atoms with Crippen LogP contribution in [-0.2, 0) is 22.6 Å².